The van der Waals surface area contributed by atoms with Crippen molar-refractivity contribution in [2.45, 2.75) is 35.5 Å². The third-order valence-electron chi connectivity index (χ3n) is 5.05. The van der Waals surface area contributed by atoms with Gasteiger partial charge in [-0.15, -0.1) is 11.8 Å². The second-order valence-electron chi connectivity index (χ2n) is 7.43. The number of carbonyl (C=O) groups is 2. The van der Waals surface area contributed by atoms with Crippen molar-refractivity contribution in [2.24, 2.45) is 0 Å². The Labute approximate surface area is 176 Å². The number of rotatable bonds is 6. The van der Waals surface area contributed by atoms with Gasteiger partial charge in [-0.2, -0.15) is 0 Å². The van der Waals surface area contributed by atoms with Gasteiger partial charge in [-0.05, 0) is 56.4 Å². The molecule has 2 aromatic carbocycles. The van der Waals surface area contributed by atoms with E-state index < -0.39 is 12.1 Å². The molecule has 3 unspecified atom stereocenters. The number of fused-ring (bicyclic) bond motifs is 1. The van der Waals surface area contributed by atoms with Crippen LogP contribution in [0.3, 0.4) is 0 Å². The van der Waals surface area contributed by atoms with E-state index in [1.807, 2.05) is 62.6 Å². The molecule has 0 saturated heterocycles. The first-order valence-corrected chi connectivity index (χ1v) is 10.5. The maximum Gasteiger partial charge on any atom is 0.303 e. The molecule has 0 amide bonds. The lowest BCUT2D eigenvalue weighted by atomic mass is 9.87. The van der Waals surface area contributed by atoms with Crippen molar-refractivity contribution in [3.8, 4) is 5.75 Å². The van der Waals surface area contributed by atoms with Gasteiger partial charge in [-0.1, -0.05) is 30.3 Å². The first-order chi connectivity index (χ1) is 13.9. The van der Waals surface area contributed by atoms with Gasteiger partial charge in [0.2, 0.25) is 0 Å². The average molecular weight is 414 g/mol. The Morgan fingerprint density at radius 3 is 2.41 bits per heavy atom. The molecule has 0 bridgehead atoms. The minimum absolute atomic E-state index is 0.0414. The zero-order valence-electron chi connectivity index (χ0n) is 17.3. The fraction of sp³-hybridized carbons (Fsp3) is 0.391. The van der Waals surface area contributed by atoms with E-state index in [2.05, 4.69) is 4.90 Å². The van der Waals surface area contributed by atoms with Gasteiger partial charge in [0.1, 0.15) is 5.75 Å². The Hall–Kier alpha value is -2.31. The number of ketones is 1. The van der Waals surface area contributed by atoms with E-state index in [9.17, 15) is 9.59 Å². The van der Waals surface area contributed by atoms with E-state index in [1.54, 1.807) is 18.9 Å². The predicted octanol–water partition coefficient (Wildman–Crippen LogP) is 4.08. The topological polar surface area (TPSA) is 55.8 Å². The van der Waals surface area contributed by atoms with Crippen molar-refractivity contribution >= 4 is 23.5 Å². The molecule has 154 valence electrons. The van der Waals surface area contributed by atoms with Gasteiger partial charge in [-0.25, -0.2) is 0 Å². The summed E-state index contributed by atoms with van der Waals surface area (Å²) in [5.74, 6) is -0.0548. The smallest absolute Gasteiger partial charge is 0.303 e. The van der Waals surface area contributed by atoms with Gasteiger partial charge < -0.3 is 14.4 Å². The van der Waals surface area contributed by atoms with Crippen LogP contribution in [0.2, 0.25) is 0 Å². The Balaban J connectivity index is 2.06. The van der Waals surface area contributed by atoms with Crippen LogP contribution in [0.1, 0.15) is 35.6 Å². The SMILES string of the molecule is COc1ccc(C2Sc3ccccc3C(CCN(C)C)C(=O)C2OC(C)=O)cc1. The van der Waals surface area contributed by atoms with Crippen LogP contribution in [0.25, 0.3) is 0 Å². The first kappa shape index (κ1) is 21.4. The third-order valence-corrected chi connectivity index (χ3v) is 6.45. The van der Waals surface area contributed by atoms with Crippen LogP contribution in [-0.4, -0.2) is 50.5 Å². The molecule has 2 aromatic rings. The van der Waals surface area contributed by atoms with Crippen molar-refractivity contribution in [3.05, 3.63) is 59.7 Å². The van der Waals surface area contributed by atoms with Crippen LogP contribution in [-0.2, 0) is 14.3 Å². The predicted molar refractivity (Wildman–Crippen MR) is 115 cm³/mol. The van der Waals surface area contributed by atoms with E-state index in [0.29, 0.717) is 6.42 Å². The molecule has 0 aliphatic carbocycles. The standard InChI is InChI=1S/C23H27NO4S/c1-15(25)28-22-21(26)19(13-14-24(2)3)18-7-5-6-8-20(18)29-23(22)16-9-11-17(27-4)12-10-16/h5-12,19,22-23H,13-14H2,1-4H3. The van der Waals surface area contributed by atoms with Crippen molar-refractivity contribution < 1.29 is 19.1 Å². The Bertz CT molecular complexity index is 865. The number of thioether (sulfide) groups is 1. The number of hydrogen-bond donors (Lipinski definition) is 0. The van der Waals surface area contributed by atoms with Crippen LogP contribution in [0, 0.1) is 0 Å². The molecule has 0 N–H and O–H groups in total. The summed E-state index contributed by atoms with van der Waals surface area (Å²) in [5, 5.41) is -0.317. The van der Waals surface area contributed by atoms with Gasteiger partial charge in [0.25, 0.3) is 0 Å². The number of hydrogen-bond acceptors (Lipinski definition) is 6. The third kappa shape index (κ3) is 5.00. The lowest BCUT2D eigenvalue weighted by molar-refractivity contribution is -0.153. The molecule has 3 atom stereocenters. The number of Topliss-reactive ketones (excluding diaryl/α,β-unsaturated/α-hetero) is 1. The fourth-order valence-electron chi connectivity index (χ4n) is 3.60. The zero-order chi connectivity index (χ0) is 21.0. The maximum absolute atomic E-state index is 13.6. The molecule has 0 spiro atoms. The number of methoxy groups -OCH3 is 1. The number of benzene rings is 2. The van der Waals surface area contributed by atoms with Crippen LogP contribution in [0.4, 0.5) is 0 Å². The van der Waals surface area contributed by atoms with E-state index >= 15 is 0 Å². The lowest BCUT2D eigenvalue weighted by Crippen LogP contribution is -2.35. The largest absolute Gasteiger partial charge is 0.497 e. The molecule has 0 fully saturated rings. The molecule has 0 radical (unpaired) electrons. The Kier molecular flexibility index (Phi) is 6.98. The summed E-state index contributed by atoms with van der Waals surface area (Å²) in [7, 11) is 5.60. The number of ether oxygens (including phenoxy) is 2. The highest BCUT2D eigenvalue weighted by Crippen LogP contribution is 2.47. The van der Waals surface area contributed by atoms with Gasteiger partial charge in [0, 0.05) is 17.7 Å². The van der Waals surface area contributed by atoms with Gasteiger partial charge in [-0.3, -0.25) is 9.59 Å². The molecule has 6 heteroatoms. The number of nitrogens with zero attached hydrogens (tertiary/aromatic N) is 1. The van der Waals surface area contributed by atoms with Crippen molar-refractivity contribution in [1.82, 2.24) is 4.90 Å². The summed E-state index contributed by atoms with van der Waals surface area (Å²) in [5.41, 5.74) is 1.94. The summed E-state index contributed by atoms with van der Waals surface area (Å²) >= 11 is 1.58. The minimum Gasteiger partial charge on any atom is -0.497 e. The summed E-state index contributed by atoms with van der Waals surface area (Å²) in [6.45, 7) is 2.13. The average Bonchev–Trinajstić information content (AvgIpc) is 2.81. The molecular weight excluding hydrogens is 386 g/mol. The van der Waals surface area contributed by atoms with E-state index in [1.165, 1.54) is 6.92 Å². The molecule has 0 saturated carbocycles. The summed E-state index contributed by atoms with van der Waals surface area (Å²) in [6.07, 6.45) is -0.165. The molecule has 1 heterocycles. The quantitative estimate of drug-likeness (QED) is 0.665. The minimum atomic E-state index is -0.842. The van der Waals surface area contributed by atoms with E-state index in [4.69, 9.17) is 9.47 Å². The Morgan fingerprint density at radius 2 is 1.79 bits per heavy atom. The Morgan fingerprint density at radius 1 is 1.10 bits per heavy atom. The highest BCUT2D eigenvalue weighted by Gasteiger charge is 2.41. The molecule has 3 rings (SSSR count). The highest BCUT2D eigenvalue weighted by atomic mass is 32.2. The number of esters is 1. The van der Waals surface area contributed by atoms with Gasteiger partial charge >= 0.3 is 5.97 Å². The van der Waals surface area contributed by atoms with Crippen LogP contribution in [0.5, 0.6) is 5.75 Å². The summed E-state index contributed by atoms with van der Waals surface area (Å²) in [4.78, 5) is 28.6. The van der Waals surface area contributed by atoms with Crippen molar-refractivity contribution in [3.63, 3.8) is 0 Å². The molecule has 29 heavy (non-hydrogen) atoms. The second-order valence-corrected chi connectivity index (χ2v) is 8.61. The number of carbonyl (C=O) groups excluding carboxylic acids is 2. The van der Waals surface area contributed by atoms with Crippen molar-refractivity contribution in [1.29, 1.82) is 0 Å². The first-order valence-electron chi connectivity index (χ1n) is 9.66. The molecular formula is C23H27NO4S. The van der Waals surface area contributed by atoms with Gasteiger partial charge in [0.05, 0.1) is 12.4 Å². The molecule has 1 aliphatic heterocycles. The van der Waals surface area contributed by atoms with Crippen LogP contribution < -0.4 is 4.74 Å². The normalized spacial score (nSPS) is 21.4. The fourth-order valence-corrected chi connectivity index (χ4v) is 4.98. The van der Waals surface area contributed by atoms with E-state index in [-0.39, 0.29) is 17.0 Å². The zero-order valence-corrected chi connectivity index (χ0v) is 18.1. The molecule has 1 aliphatic rings. The summed E-state index contributed by atoms with van der Waals surface area (Å²) in [6, 6.07) is 15.6. The molecule has 5 nitrogen and oxygen atoms in total. The van der Waals surface area contributed by atoms with Crippen LogP contribution >= 0.6 is 11.8 Å². The second kappa shape index (κ2) is 9.46. The van der Waals surface area contributed by atoms with E-state index in [0.717, 1.165) is 28.3 Å². The lowest BCUT2D eigenvalue weighted by Gasteiger charge is -2.26. The van der Waals surface area contributed by atoms with Crippen molar-refractivity contribution in [2.75, 3.05) is 27.7 Å². The molecule has 0 aromatic heterocycles. The summed E-state index contributed by atoms with van der Waals surface area (Å²) < 4.78 is 10.9. The van der Waals surface area contributed by atoms with Gasteiger partial charge in [0.15, 0.2) is 11.9 Å². The highest BCUT2D eigenvalue weighted by molar-refractivity contribution is 7.99. The maximum atomic E-state index is 13.6. The monoisotopic (exact) mass is 413 g/mol. The van der Waals surface area contributed by atoms with Crippen LogP contribution in [0.15, 0.2) is 53.4 Å².